The minimum atomic E-state index is -0.570. The first kappa shape index (κ1) is 18.7. The first-order valence-corrected chi connectivity index (χ1v) is 8.33. The molecule has 0 aliphatic carbocycles. The van der Waals surface area contributed by atoms with Gasteiger partial charge in [-0.15, -0.1) is 0 Å². The van der Waals surface area contributed by atoms with Crippen molar-refractivity contribution in [3.8, 4) is 11.5 Å². The van der Waals surface area contributed by atoms with E-state index in [1.54, 1.807) is 38.3 Å². The average molecular weight is 373 g/mol. The van der Waals surface area contributed by atoms with E-state index in [-0.39, 0.29) is 12.4 Å². The molecule has 1 N–H and O–H groups in total. The maximum absolute atomic E-state index is 14.1. The number of halogens is 1. The number of amides is 1. The Bertz CT molecular complexity index is 966. The fourth-order valence-corrected chi connectivity index (χ4v) is 2.73. The summed E-state index contributed by atoms with van der Waals surface area (Å²) in [5, 5.41) is 3.32. The molecule has 3 rings (SSSR count). The number of hydrogen-bond acceptors (Lipinski definition) is 5. The van der Waals surface area contributed by atoms with Crippen LogP contribution in [0.15, 0.2) is 40.8 Å². The summed E-state index contributed by atoms with van der Waals surface area (Å²) in [4.78, 5) is 12.7. The summed E-state index contributed by atoms with van der Waals surface area (Å²) in [6.07, 6.45) is 0. The lowest BCUT2D eigenvalue weighted by Crippen LogP contribution is -2.13. The lowest BCUT2D eigenvalue weighted by molar-refractivity contribution is 0.102. The van der Waals surface area contributed by atoms with E-state index in [4.69, 9.17) is 18.6 Å². The maximum Gasteiger partial charge on any atom is 0.259 e. The van der Waals surface area contributed by atoms with Gasteiger partial charge < -0.3 is 23.9 Å². The summed E-state index contributed by atoms with van der Waals surface area (Å²) in [6, 6.07) is 9.46. The third kappa shape index (κ3) is 4.03. The second-order valence-electron chi connectivity index (χ2n) is 5.84. The second kappa shape index (κ2) is 8.09. The van der Waals surface area contributed by atoms with Crippen molar-refractivity contribution in [1.82, 2.24) is 0 Å². The van der Waals surface area contributed by atoms with Crippen LogP contribution in [0.2, 0.25) is 0 Å². The molecule has 27 heavy (non-hydrogen) atoms. The highest BCUT2D eigenvalue weighted by molar-refractivity contribution is 6.13. The monoisotopic (exact) mass is 373 g/mol. The van der Waals surface area contributed by atoms with Crippen LogP contribution in [-0.2, 0) is 4.74 Å². The zero-order chi connectivity index (χ0) is 19.4. The molecule has 0 aliphatic heterocycles. The lowest BCUT2D eigenvalue weighted by Gasteiger charge is -2.09. The van der Waals surface area contributed by atoms with Crippen LogP contribution in [0.3, 0.4) is 0 Å². The Morgan fingerprint density at radius 2 is 1.96 bits per heavy atom. The van der Waals surface area contributed by atoms with Gasteiger partial charge in [-0.1, -0.05) is 0 Å². The van der Waals surface area contributed by atoms with Crippen molar-refractivity contribution in [2.75, 3.05) is 32.8 Å². The summed E-state index contributed by atoms with van der Waals surface area (Å²) < 4.78 is 35.1. The highest BCUT2D eigenvalue weighted by atomic mass is 19.1. The molecular formula is C20H20FNO5. The zero-order valence-electron chi connectivity index (χ0n) is 15.3. The molecule has 7 heteroatoms. The van der Waals surface area contributed by atoms with Gasteiger partial charge in [0.25, 0.3) is 5.91 Å². The third-order valence-electron chi connectivity index (χ3n) is 4.03. The van der Waals surface area contributed by atoms with E-state index in [1.165, 1.54) is 19.2 Å². The fraction of sp³-hybridized carbons (Fsp3) is 0.250. The van der Waals surface area contributed by atoms with Gasteiger partial charge in [0.05, 0.1) is 19.3 Å². The molecule has 0 saturated heterocycles. The number of rotatable bonds is 7. The van der Waals surface area contributed by atoms with Crippen LogP contribution in [0.1, 0.15) is 16.1 Å². The first-order valence-electron chi connectivity index (χ1n) is 8.33. The number of aryl methyl sites for hydroxylation is 1. The molecule has 2 aromatic carbocycles. The van der Waals surface area contributed by atoms with Gasteiger partial charge in [-0.3, -0.25) is 4.79 Å². The van der Waals surface area contributed by atoms with Gasteiger partial charge in [-0.2, -0.15) is 0 Å². The van der Waals surface area contributed by atoms with Crippen molar-refractivity contribution in [3.05, 3.63) is 53.5 Å². The molecule has 0 bridgehead atoms. The molecule has 1 aromatic heterocycles. The Kier molecular flexibility index (Phi) is 5.61. The molecule has 0 radical (unpaired) electrons. The number of ether oxygens (including phenoxy) is 3. The minimum absolute atomic E-state index is 0.0970. The van der Waals surface area contributed by atoms with E-state index in [9.17, 15) is 9.18 Å². The van der Waals surface area contributed by atoms with Crippen LogP contribution >= 0.6 is 0 Å². The van der Waals surface area contributed by atoms with Crippen molar-refractivity contribution in [1.29, 1.82) is 0 Å². The predicted molar refractivity (Wildman–Crippen MR) is 99.2 cm³/mol. The number of nitrogens with one attached hydrogen (secondary N) is 1. The standard InChI is InChI=1S/C20H20FNO5/c1-12-19(15-11-14(25-3)5-7-17(15)27-12)20(23)22-13-4-6-18(16(21)10-13)26-9-8-24-2/h4-7,10-11H,8-9H2,1-3H3,(H,22,23). The molecule has 0 aliphatic rings. The Morgan fingerprint density at radius 3 is 2.67 bits per heavy atom. The van der Waals surface area contributed by atoms with Gasteiger partial charge >= 0.3 is 0 Å². The zero-order valence-corrected chi connectivity index (χ0v) is 15.3. The first-order chi connectivity index (χ1) is 13.0. The Balaban J connectivity index is 1.82. The predicted octanol–water partition coefficient (Wildman–Crippen LogP) is 4.17. The Morgan fingerprint density at radius 1 is 1.15 bits per heavy atom. The quantitative estimate of drug-likeness (QED) is 0.630. The normalized spacial score (nSPS) is 10.8. The average Bonchev–Trinajstić information content (AvgIpc) is 2.98. The minimum Gasteiger partial charge on any atom is -0.497 e. The van der Waals surface area contributed by atoms with Gasteiger partial charge in [0.2, 0.25) is 0 Å². The number of hydrogen-bond donors (Lipinski definition) is 1. The Hall–Kier alpha value is -3.06. The van der Waals surface area contributed by atoms with E-state index < -0.39 is 11.7 Å². The van der Waals surface area contributed by atoms with Crippen molar-refractivity contribution < 1.29 is 27.8 Å². The molecule has 0 fully saturated rings. The molecule has 0 saturated carbocycles. The number of anilines is 1. The largest absolute Gasteiger partial charge is 0.497 e. The lowest BCUT2D eigenvalue weighted by atomic mass is 10.1. The van der Waals surface area contributed by atoms with E-state index in [2.05, 4.69) is 5.32 Å². The van der Waals surface area contributed by atoms with E-state index in [1.807, 2.05) is 0 Å². The highest BCUT2D eigenvalue weighted by Crippen LogP contribution is 2.30. The van der Waals surface area contributed by atoms with Crippen LogP contribution in [0.25, 0.3) is 11.0 Å². The molecule has 0 spiro atoms. The number of fused-ring (bicyclic) bond motifs is 1. The van der Waals surface area contributed by atoms with Crippen molar-refractivity contribution in [2.45, 2.75) is 6.92 Å². The maximum atomic E-state index is 14.1. The van der Waals surface area contributed by atoms with Crippen molar-refractivity contribution in [3.63, 3.8) is 0 Å². The van der Waals surface area contributed by atoms with Crippen molar-refractivity contribution in [2.24, 2.45) is 0 Å². The molecule has 1 amide bonds. The molecule has 1 heterocycles. The van der Waals surface area contributed by atoms with Gasteiger partial charge in [0.1, 0.15) is 23.7 Å². The number of methoxy groups -OCH3 is 2. The molecule has 0 atom stereocenters. The molecule has 3 aromatic rings. The van der Waals surface area contributed by atoms with Gasteiger partial charge in [-0.05, 0) is 37.3 Å². The molecule has 6 nitrogen and oxygen atoms in total. The van der Waals surface area contributed by atoms with Crippen molar-refractivity contribution >= 4 is 22.6 Å². The molecular weight excluding hydrogens is 353 g/mol. The van der Waals surface area contributed by atoms with E-state index >= 15 is 0 Å². The number of furan rings is 1. The SMILES string of the molecule is COCCOc1ccc(NC(=O)c2c(C)oc3ccc(OC)cc23)cc1F. The molecule has 142 valence electrons. The smallest absolute Gasteiger partial charge is 0.259 e. The fourth-order valence-electron chi connectivity index (χ4n) is 2.73. The van der Waals surface area contributed by atoms with Crippen LogP contribution in [0.4, 0.5) is 10.1 Å². The Labute approximate surface area is 155 Å². The van der Waals surface area contributed by atoms with Gasteiger partial charge in [0, 0.05) is 24.2 Å². The van der Waals surface area contributed by atoms with Gasteiger partial charge in [-0.25, -0.2) is 4.39 Å². The second-order valence-corrected chi connectivity index (χ2v) is 5.84. The van der Waals surface area contributed by atoms with Crippen LogP contribution in [0, 0.1) is 12.7 Å². The summed E-state index contributed by atoms with van der Waals surface area (Å²) in [5.74, 6) is 0.211. The summed E-state index contributed by atoms with van der Waals surface area (Å²) in [6.45, 7) is 2.30. The van der Waals surface area contributed by atoms with Crippen LogP contribution in [0.5, 0.6) is 11.5 Å². The summed E-state index contributed by atoms with van der Waals surface area (Å²) >= 11 is 0. The topological polar surface area (TPSA) is 69.9 Å². The molecule has 0 unspecified atom stereocenters. The summed E-state index contributed by atoms with van der Waals surface area (Å²) in [5.41, 5.74) is 1.27. The van der Waals surface area contributed by atoms with Gasteiger partial charge in [0.15, 0.2) is 11.6 Å². The third-order valence-corrected chi connectivity index (χ3v) is 4.03. The number of carbonyl (C=O) groups is 1. The van der Waals surface area contributed by atoms with Crippen LogP contribution in [-0.4, -0.2) is 33.3 Å². The summed E-state index contributed by atoms with van der Waals surface area (Å²) in [7, 11) is 3.09. The highest BCUT2D eigenvalue weighted by Gasteiger charge is 2.19. The number of carbonyl (C=O) groups excluding carboxylic acids is 1. The van der Waals surface area contributed by atoms with E-state index in [0.717, 1.165) is 0 Å². The van der Waals surface area contributed by atoms with E-state index in [0.29, 0.717) is 40.3 Å². The number of benzene rings is 2. The van der Waals surface area contributed by atoms with Crippen LogP contribution < -0.4 is 14.8 Å².